The third-order valence-electron chi connectivity index (χ3n) is 3.71. The average Bonchev–Trinajstić information content (AvgIpc) is 2.60. The molecule has 0 fully saturated rings. The molecule has 0 spiro atoms. The molecule has 4 nitrogen and oxygen atoms in total. The highest BCUT2D eigenvalue weighted by Gasteiger charge is 2.30. The first-order valence-corrected chi connectivity index (χ1v) is 8.90. The molecule has 7 heteroatoms. The monoisotopic (exact) mass is 395 g/mol. The van der Waals surface area contributed by atoms with Crippen molar-refractivity contribution in [2.24, 2.45) is 0 Å². The Hall–Kier alpha value is -2.70. The van der Waals surface area contributed by atoms with Crippen molar-refractivity contribution in [2.75, 3.05) is 6.54 Å². The number of carbonyl (C=O) groups is 1. The Bertz CT molecular complexity index is 753. The molecule has 0 radical (unpaired) electrons. The number of halogens is 3. The van der Waals surface area contributed by atoms with Crippen LogP contribution < -0.4 is 10.1 Å². The van der Waals surface area contributed by atoms with E-state index in [0.717, 1.165) is 17.7 Å². The van der Waals surface area contributed by atoms with Crippen molar-refractivity contribution in [3.63, 3.8) is 0 Å². The van der Waals surface area contributed by atoms with Gasteiger partial charge < -0.3 is 14.8 Å². The predicted molar refractivity (Wildman–Crippen MR) is 100 cm³/mol. The molecule has 28 heavy (non-hydrogen) atoms. The van der Waals surface area contributed by atoms with Crippen molar-refractivity contribution in [2.45, 2.75) is 45.1 Å². The van der Waals surface area contributed by atoms with E-state index in [0.29, 0.717) is 12.2 Å². The van der Waals surface area contributed by atoms with Crippen LogP contribution in [0.4, 0.5) is 18.0 Å². The lowest BCUT2D eigenvalue weighted by Crippen LogP contribution is -2.33. The van der Waals surface area contributed by atoms with Gasteiger partial charge in [0.05, 0.1) is 5.56 Å². The smallest absolute Gasteiger partial charge is 0.416 e. The van der Waals surface area contributed by atoms with Gasteiger partial charge in [-0.1, -0.05) is 30.3 Å². The van der Waals surface area contributed by atoms with Crippen LogP contribution in [0.15, 0.2) is 54.6 Å². The quantitative estimate of drug-likeness (QED) is 0.678. The Morgan fingerprint density at radius 1 is 1.00 bits per heavy atom. The fourth-order valence-corrected chi connectivity index (χ4v) is 2.47. The van der Waals surface area contributed by atoms with Crippen molar-refractivity contribution in [1.82, 2.24) is 5.32 Å². The number of hydrogen-bond acceptors (Lipinski definition) is 3. The van der Waals surface area contributed by atoms with Crippen LogP contribution in [-0.2, 0) is 10.9 Å². The zero-order valence-electron chi connectivity index (χ0n) is 16.0. The highest BCUT2D eigenvalue weighted by molar-refractivity contribution is 5.67. The summed E-state index contributed by atoms with van der Waals surface area (Å²) in [4.78, 5) is 11.8. The lowest BCUT2D eigenvalue weighted by atomic mass is 10.1. The molecule has 2 aromatic rings. The first kappa shape index (κ1) is 21.6. The van der Waals surface area contributed by atoms with Gasteiger partial charge >= 0.3 is 12.3 Å². The fourth-order valence-electron chi connectivity index (χ4n) is 2.47. The SMILES string of the molecule is CC(C)(C)OC(=O)NCC[C@@H](Oc1ccc(C(F)(F)F)cc1)c1ccccc1. The third-order valence-corrected chi connectivity index (χ3v) is 3.71. The van der Waals surface area contributed by atoms with Crippen LogP contribution >= 0.6 is 0 Å². The molecule has 0 saturated heterocycles. The summed E-state index contributed by atoms with van der Waals surface area (Å²) in [5.74, 6) is 0.319. The van der Waals surface area contributed by atoms with Crippen LogP contribution in [0.25, 0.3) is 0 Å². The second kappa shape index (κ2) is 8.99. The highest BCUT2D eigenvalue weighted by atomic mass is 19.4. The lowest BCUT2D eigenvalue weighted by Gasteiger charge is -2.22. The first-order chi connectivity index (χ1) is 13.0. The zero-order chi connectivity index (χ0) is 20.8. The molecule has 152 valence electrons. The van der Waals surface area contributed by atoms with Crippen molar-refractivity contribution in [3.8, 4) is 5.75 Å². The molecule has 0 aromatic heterocycles. The fraction of sp³-hybridized carbons (Fsp3) is 0.381. The summed E-state index contributed by atoms with van der Waals surface area (Å²) in [6, 6.07) is 13.8. The molecule has 0 aliphatic carbocycles. The maximum Gasteiger partial charge on any atom is 0.416 e. The van der Waals surface area contributed by atoms with E-state index in [1.807, 2.05) is 30.3 Å². The number of rotatable bonds is 6. The Labute approximate surface area is 162 Å². The summed E-state index contributed by atoms with van der Waals surface area (Å²) in [7, 11) is 0. The van der Waals surface area contributed by atoms with E-state index in [-0.39, 0.29) is 6.54 Å². The molecule has 0 aliphatic rings. The van der Waals surface area contributed by atoms with Crippen molar-refractivity contribution in [1.29, 1.82) is 0 Å². The number of carbonyl (C=O) groups excluding carboxylic acids is 1. The number of ether oxygens (including phenoxy) is 2. The van der Waals surface area contributed by atoms with E-state index in [4.69, 9.17) is 9.47 Å². The minimum absolute atomic E-state index is 0.287. The number of benzene rings is 2. The van der Waals surface area contributed by atoms with E-state index in [1.165, 1.54) is 12.1 Å². The van der Waals surface area contributed by atoms with Gasteiger partial charge in [-0.05, 0) is 50.6 Å². The van der Waals surface area contributed by atoms with Crippen LogP contribution in [0.3, 0.4) is 0 Å². The van der Waals surface area contributed by atoms with Crippen molar-refractivity contribution >= 4 is 6.09 Å². The minimum atomic E-state index is -4.39. The van der Waals surface area contributed by atoms with E-state index in [2.05, 4.69) is 5.32 Å². The third kappa shape index (κ3) is 7.13. The summed E-state index contributed by atoms with van der Waals surface area (Å²) in [5.41, 5.74) is -0.476. The van der Waals surface area contributed by atoms with E-state index in [9.17, 15) is 18.0 Å². The van der Waals surface area contributed by atoms with Crippen molar-refractivity contribution in [3.05, 3.63) is 65.7 Å². The van der Waals surface area contributed by atoms with Gasteiger partial charge in [0.1, 0.15) is 17.5 Å². The summed E-state index contributed by atoms with van der Waals surface area (Å²) in [6.45, 7) is 5.60. The lowest BCUT2D eigenvalue weighted by molar-refractivity contribution is -0.137. The summed E-state index contributed by atoms with van der Waals surface area (Å²) >= 11 is 0. The normalized spacial score (nSPS) is 12.9. The molecule has 1 N–H and O–H groups in total. The second-order valence-corrected chi connectivity index (χ2v) is 7.26. The Kier molecular flexibility index (Phi) is 6.94. The van der Waals surface area contributed by atoms with Gasteiger partial charge in [-0.2, -0.15) is 13.2 Å². The van der Waals surface area contributed by atoms with Crippen LogP contribution in [0, 0.1) is 0 Å². The molecule has 1 amide bonds. The number of amides is 1. The molecule has 1 atom stereocenters. The largest absolute Gasteiger partial charge is 0.486 e. The van der Waals surface area contributed by atoms with Gasteiger partial charge in [-0.15, -0.1) is 0 Å². The summed E-state index contributed by atoms with van der Waals surface area (Å²) < 4.78 is 49.2. The first-order valence-electron chi connectivity index (χ1n) is 8.90. The molecular formula is C21H24F3NO3. The predicted octanol–water partition coefficient (Wildman–Crippen LogP) is 5.74. The number of nitrogens with one attached hydrogen (secondary N) is 1. The maximum absolute atomic E-state index is 12.7. The molecule has 0 bridgehead atoms. The zero-order valence-corrected chi connectivity index (χ0v) is 16.0. The van der Waals surface area contributed by atoms with Crippen LogP contribution in [0.5, 0.6) is 5.75 Å². The van der Waals surface area contributed by atoms with Gasteiger partial charge in [0, 0.05) is 13.0 Å². The van der Waals surface area contributed by atoms with Gasteiger partial charge in [0.15, 0.2) is 0 Å². The molecule has 0 saturated carbocycles. The van der Waals surface area contributed by atoms with E-state index >= 15 is 0 Å². The Balaban J connectivity index is 2.03. The van der Waals surface area contributed by atoms with Gasteiger partial charge in [-0.25, -0.2) is 4.79 Å². The summed E-state index contributed by atoms with van der Waals surface area (Å²) in [6.07, 6.45) is -4.94. The Morgan fingerprint density at radius 2 is 1.61 bits per heavy atom. The van der Waals surface area contributed by atoms with Gasteiger partial charge in [-0.3, -0.25) is 0 Å². The van der Waals surface area contributed by atoms with Crippen LogP contribution in [-0.4, -0.2) is 18.2 Å². The minimum Gasteiger partial charge on any atom is -0.486 e. The number of alkyl carbamates (subject to hydrolysis) is 1. The molecular weight excluding hydrogens is 371 g/mol. The second-order valence-electron chi connectivity index (χ2n) is 7.26. The van der Waals surface area contributed by atoms with Crippen LogP contribution in [0.2, 0.25) is 0 Å². The number of alkyl halides is 3. The molecule has 2 rings (SSSR count). The van der Waals surface area contributed by atoms with E-state index < -0.39 is 29.5 Å². The molecule has 2 aromatic carbocycles. The molecule has 0 unspecified atom stereocenters. The topological polar surface area (TPSA) is 47.6 Å². The Morgan fingerprint density at radius 3 is 2.14 bits per heavy atom. The van der Waals surface area contributed by atoms with Crippen LogP contribution in [0.1, 0.15) is 44.4 Å². The van der Waals surface area contributed by atoms with Crippen molar-refractivity contribution < 1.29 is 27.4 Å². The van der Waals surface area contributed by atoms with Gasteiger partial charge in [0.2, 0.25) is 0 Å². The highest BCUT2D eigenvalue weighted by Crippen LogP contribution is 2.31. The molecule has 0 aliphatic heterocycles. The van der Waals surface area contributed by atoms with Gasteiger partial charge in [0.25, 0.3) is 0 Å². The standard InChI is InChI=1S/C21H24F3NO3/c1-20(2,3)28-19(26)25-14-13-18(15-7-5-4-6-8-15)27-17-11-9-16(10-12-17)21(22,23)24/h4-12,18H,13-14H2,1-3H3,(H,25,26)/t18-/m1/s1. The van der Waals surface area contributed by atoms with E-state index in [1.54, 1.807) is 20.8 Å². The summed E-state index contributed by atoms with van der Waals surface area (Å²) in [5, 5.41) is 2.66. The maximum atomic E-state index is 12.7. The average molecular weight is 395 g/mol. The molecule has 0 heterocycles. The number of hydrogen-bond donors (Lipinski definition) is 1.